The number of ether oxygens (including phenoxy) is 1. The Morgan fingerprint density at radius 2 is 2.14 bits per heavy atom. The molecule has 1 saturated carbocycles. The maximum atomic E-state index is 11.2. The van der Waals surface area contributed by atoms with E-state index in [0.29, 0.717) is 11.6 Å². The normalized spacial score (nSPS) is 28.5. The predicted octanol–water partition coefficient (Wildman–Crippen LogP) is 2.93. The Kier molecular flexibility index (Phi) is 4.36. The van der Waals surface area contributed by atoms with E-state index in [4.69, 9.17) is 16.3 Å². The molecular weight excluding hydrogens is 302 g/mol. The van der Waals surface area contributed by atoms with Gasteiger partial charge in [-0.1, -0.05) is 18.5 Å². The summed E-state index contributed by atoms with van der Waals surface area (Å²) in [5.41, 5.74) is -0.967. The average molecular weight is 322 g/mol. The van der Waals surface area contributed by atoms with Crippen molar-refractivity contribution < 1.29 is 9.84 Å². The van der Waals surface area contributed by atoms with Gasteiger partial charge in [-0.25, -0.2) is 9.67 Å². The van der Waals surface area contributed by atoms with Crippen LogP contribution in [0.2, 0.25) is 5.02 Å². The van der Waals surface area contributed by atoms with Crippen LogP contribution >= 0.6 is 11.6 Å². The second-order valence-corrected chi connectivity index (χ2v) is 6.41. The van der Waals surface area contributed by atoms with Gasteiger partial charge in [0.2, 0.25) is 0 Å². The fraction of sp³-hybridized carbons (Fsp3) is 0.500. The minimum Gasteiger partial charge on any atom is -0.487 e. The summed E-state index contributed by atoms with van der Waals surface area (Å²) in [6.07, 6.45) is 5.66. The molecule has 1 aromatic carbocycles. The lowest BCUT2D eigenvalue weighted by Crippen LogP contribution is -2.56. The van der Waals surface area contributed by atoms with Gasteiger partial charge in [0.05, 0.1) is 6.54 Å². The van der Waals surface area contributed by atoms with Crippen LogP contribution in [0.3, 0.4) is 0 Å². The van der Waals surface area contributed by atoms with Crippen molar-refractivity contribution in [2.75, 3.05) is 0 Å². The molecule has 1 fully saturated rings. The monoisotopic (exact) mass is 321 g/mol. The highest BCUT2D eigenvalue weighted by Gasteiger charge is 2.46. The standard InChI is InChI=1S/C16H20ClN3O2/c1-12-3-2-4-15(22-14-7-5-13(17)6-8-14)16(12,21)9-20-11-18-10-19-20/h5-8,10-12,15,21H,2-4,9H2,1H3/t12-,15+,16-/m0/s1. The van der Waals surface area contributed by atoms with E-state index in [1.54, 1.807) is 23.1 Å². The van der Waals surface area contributed by atoms with Crippen LogP contribution in [0.4, 0.5) is 0 Å². The van der Waals surface area contributed by atoms with Crippen molar-refractivity contribution >= 4 is 11.6 Å². The zero-order valence-corrected chi connectivity index (χ0v) is 13.3. The molecule has 0 saturated heterocycles. The molecule has 1 N–H and O–H groups in total. The van der Waals surface area contributed by atoms with E-state index in [2.05, 4.69) is 17.0 Å². The molecule has 22 heavy (non-hydrogen) atoms. The summed E-state index contributed by atoms with van der Waals surface area (Å²) in [7, 11) is 0. The van der Waals surface area contributed by atoms with Gasteiger partial charge in [0.15, 0.2) is 0 Å². The number of halogens is 1. The van der Waals surface area contributed by atoms with Crippen LogP contribution in [0.25, 0.3) is 0 Å². The fourth-order valence-electron chi connectivity index (χ4n) is 3.10. The van der Waals surface area contributed by atoms with E-state index < -0.39 is 5.60 Å². The maximum absolute atomic E-state index is 11.2. The Hall–Kier alpha value is -1.59. The molecule has 0 bridgehead atoms. The SMILES string of the molecule is C[C@H]1CCC[C@@H](Oc2ccc(Cl)cc2)[C@]1(O)Cn1cncn1. The van der Waals surface area contributed by atoms with Gasteiger partial charge in [-0.15, -0.1) is 0 Å². The summed E-state index contributed by atoms with van der Waals surface area (Å²) in [6.45, 7) is 2.45. The molecule has 1 aliphatic carbocycles. The third kappa shape index (κ3) is 3.10. The molecule has 0 unspecified atom stereocenters. The van der Waals surface area contributed by atoms with Crippen molar-refractivity contribution in [3.63, 3.8) is 0 Å². The van der Waals surface area contributed by atoms with Crippen molar-refractivity contribution in [1.82, 2.24) is 14.8 Å². The largest absolute Gasteiger partial charge is 0.487 e. The molecule has 6 heteroatoms. The van der Waals surface area contributed by atoms with Gasteiger partial charge in [-0.3, -0.25) is 0 Å². The summed E-state index contributed by atoms with van der Waals surface area (Å²) >= 11 is 5.90. The molecule has 118 valence electrons. The number of nitrogens with zero attached hydrogens (tertiary/aromatic N) is 3. The van der Waals surface area contributed by atoms with Crippen molar-refractivity contribution in [2.45, 2.75) is 44.4 Å². The van der Waals surface area contributed by atoms with Crippen molar-refractivity contribution in [3.8, 4) is 5.75 Å². The first kappa shape index (κ1) is 15.3. The van der Waals surface area contributed by atoms with Crippen LogP contribution in [0, 0.1) is 5.92 Å². The lowest BCUT2D eigenvalue weighted by Gasteiger charge is -2.44. The number of aromatic nitrogens is 3. The molecular formula is C16H20ClN3O2. The second-order valence-electron chi connectivity index (χ2n) is 5.98. The van der Waals surface area contributed by atoms with E-state index in [1.807, 2.05) is 12.1 Å². The highest BCUT2D eigenvalue weighted by atomic mass is 35.5. The fourth-order valence-corrected chi connectivity index (χ4v) is 3.22. The van der Waals surface area contributed by atoms with Gasteiger partial charge in [0.25, 0.3) is 0 Å². The van der Waals surface area contributed by atoms with Crippen LogP contribution in [-0.4, -0.2) is 31.6 Å². The van der Waals surface area contributed by atoms with E-state index in [1.165, 1.54) is 6.33 Å². The highest BCUT2D eigenvalue weighted by molar-refractivity contribution is 6.30. The maximum Gasteiger partial charge on any atom is 0.137 e. The lowest BCUT2D eigenvalue weighted by atomic mass is 9.74. The average Bonchev–Trinajstić information content (AvgIpc) is 2.99. The van der Waals surface area contributed by atoms with E-state index in [-0.39, 0.29) is 12.0 Å². The topological polar surface area (TPSA) is 60.2 Å². The minimum absolute atomic E-state index is 0.128. The van der Waals surface area contributed by atoms with Gasteiger partial charge < -0.3 is 9.84 Å². The van der Waals surface area contributed by atoms with Crippen molar-refractivity contribution in [1.29, 1.82) is 0 Å². The van der Waals surface area contributed by atoms with Crippen molar-refractivity contribution in [2.24, 2.45) is 5.92 Å². The number of aliphatic hydroxyl groups is 1. The first-order chi connectivity index (χ1) is 10.6. The van der Waals surface area contributed by atoms with Gasteiger partial charge in [-0.2, -0.15) is 5.10 Å². The molecule has 1 aromatic heterocycles. The molecule has 1 aliphatic rings. The molecule has 0 amide bonds. The summed E-state index contributed by atoms with van der Waals surface area (Å²) in [6, 6.07) is 7.24. The van der Waals surface area contributed by atoms with E-state index in [9.17, 15) is 5.11 Å². The number of benzene rings is 1. The summed E-state index contributed by atoms with van der Waals surface area (Å²) < 4.78 is 7.74. The van der Waals surface area contributed by atoms with Crippen LogP contribution in [0.15, 0.2) is 36.9 Å². The third-order valence-corrected chi connectivity index (χ3v) is 4.74. The Morgan fingerprint density at radius 3 is 2.82 bits per heavy atom. The van der Waals surface area contributed by atoms with E-state index >= 15 is 0 Å². The first-order valence-corrected chi connectivity index (χ1v) is 7.93. The Morgan fingerprint density at radius 1 is 1.36 bits per heavy atom. The molecule has 0 radical (unpaired) electrons. The Labute approximate surface area is 134 Å². The highest BCUT2D eigenvalue weighted by Crippen LogP contribution is 2.37. The molecule has 3 atom stereocenters. The predicted molar refractivity (Wildman–Crippen MR) is 83.9 cm³/mol. The molecule has 5 nitrogen and oxygen atoms in total. The van der Waals surface area contributed by atoms with E-state index in [0.717, 1.165) is 25.0 Å². The zero-order chi connectivity index (χ0) is 15.6. The van der Waals surface area contributed by atoms with Gasteiger partial charge >= 0.3 is 0 Å². The van der Waals surface area contributed by atoms with Gasteiger partial charge in [0.1, 0.15) is 30.1 Å². The second kappa shape index (κ2) is 6.26. The third-order valence-electron chi connectivity index (χ3n) is 4.49. The zero-order valence-electron chi connectivity index (χ0n) is 12.5. The molecule has 2 aromatic rings. The smallest absolute Gasteiger partial charge is 0.137 e. The molecule has 0 aliphatic heterocycles. The van der Waals surface area contributed by atoms with Crippen LogP contribution in [0.1, 0.15) is 26.2 Å². The number of hydrogen-bond acceptors (Lipinski definition) is 4. The van der Waals surface area contributed by atoms with Crippen molar-refractivity contribution in [3.05, 3.63) is 41.9 Å². The Bertz CT molecular complexity index is 602. The first-order valence-electron chi connectivity index (χ1n) is 7.55. The van der Waals surface area contributed by atoms with Crippen LogP contribution in [-0.2, 0) is 6.54 Å². The Balaban J connectivity index is 1.81. The summed E-state index contributed by atoms with van der Waals surface area (Å²) in [4.78, 5) is 3.95. The molecule has 3 rings (SSSR count). The number of hydrogen-bond donors (Lipinski definition) is 1. The summed E-state index contributed by atoms with van der Waals surface area (Å²) in [5.74, 6) is 0.850. The van der Waals surface area contributed by atoms with Gasteiger partial charge in [0, 0.05) is 5.02 Å². The number of rotatable bonds is 4. The molecule has 1 heterocycles. The van der Waals surface area contributed by atoms with Crippen LogP contribution in [0.5, 0.6) is 5.75 Å². The lowest BCUT2D eigenvalue weighted by molar-refractivity contribution is -0.132. The van der Waals surface area contributed by atoms with Gasteiger partial charge in [-0.05, 0) is 49.4 Å². The summed E-state index contributed by atoms with van der Waals surface area (Å²) in [5, 5.41) is 16.0. The molecule has 0 spiro atoms. The van der Waals surface area contributed by atoms with Crippen LogP contribution < -0.4 is 4.74 Å². The minimum atomic E-state index is -0.967. The quantitative estimate of drug-likeness (QED) is 0.940.